The Morgan fingerprint density at radius 3 is 2.58 bits per heavy atom. The smallest absolute Gasteiger partial charge is 0.335 e. The van der Waals surface area contributed by atoms with Crippen LogP contribution in [0, 0.1) is 0 Å². The molecule has 1 heterocycles. The molecule has 0 saturated carbocycles. The molecule has 1 unspecified atom stereocenters. The van der Waals surface area contributed by atoms with Gasteiger partial charge in [-0.2, -0.15) is 0 Å². The van der Waals surface area contributed by atoms with Crippen molar-refractivity contribution in [1.29, 1.82) is 0 Å². The molecule has 0 saturated heterocycles. The SMILES string of the molecule is CCC(CCO)Nc1cc(C(=O)O)cc(C(C)C)n1. The van der Waals surface area contributed by atoms with Crippen LogP contribution in [0.15, 0.2) is 12.1 Å². The summed E-state index contributed by atoms with van der Waals surface area (Å²) < 4.78 is 0. The van der Waals surface area contributed by atoms with Crippen molar-refractivity contribution in [2.24, 2.45) is 0 Å². The average Bonchev–Trinajstić information content (AvgIpc) is 2.37. The van der Waals surface area contributed by atoms with E-state index < -0.39 is 5.97 Å². The summed E-state index contributed by atoms with van der Waals surface area (Å²) in [7, 11) is 0. The van der Waals surface area contributed by atoms with Crippen molar-refractivity contribution in [3.63, 3.8) is 0 Å². The van der Waals surface area contributed by atoms with Gasteiger partial charge in [-0.15, -0.1) is 0 Å². The van der Waals surface area contributed by atoms with Gasteiger partial charge in [0.05, 0.1) is 5.56 Å². The van der Waals surface area contributed by atoms with Crippen LogP contribution in [-0.4, -0.2) is 33.8 Å². The Morgan fingerprint density at radius 2 is 2.11 bits per heavy atom. The Morgan fingerprint density at radius 1 is 1.42 bits per heavy atom. The molecule has 0 amide bonds. The third kappa shape index (κ3) is 4.52. The summed E-state index contributed by atoms with van der Waals surface area (Å²) in [6, 6.07) is 3.24. The van der Waals surface area contributed by atoms with E-state index in [-0.39, 0.29) is 24.1 Å². The van der Waals surface area contributed by atoms with Gasteiger partial charge in [-0.25, -0.2) is 9.78 Å². The highest BCUT2D eigenvalue weighted by atomic mass is 16.4. The van der Waals surface area contributed by atoms with Gasteiger partial charge in [0.2, 0.25) is 0 Å². The minimum absolute atomic E-state index is 0.0984. The van der Waals surface area contributed by atoms with Crippen LogP contribution in [0.3, 0.4) is 0 Å². The van der Waals surface area contributed by atoms with E-state index in [1.54, 1.807) is 6.07 Å². The first kappa shape index (κ1) is 15.4. The lowest BCUT2D eigenvalue weighted by molar-refractivity contribution is 0.0696. The average molecular weight is 266 g/mol. The molecule has 3 N–H and O–H groups in total. The van der Waals surface area contributed by atoms with Gasteiger partial charge in [-0.1, -0.05) is 20.8 Å². The first-order chi connectivity index (χ1) is 8.97. The van der Waals surface area contributed by atoms with Crippen molar-refractivity contribution in [2.45, 2.75) is 45.6 Å². The summed E-state index contributed by atoms with van der Waals surface area (Å²) in [4.78, 5) is 15.5. The Balaban J connectivity index is 3.01. The van der Waals surface area contributed by atoms with Gasteiger partial charge in [0.15, 0.2) is 0 Å². The number of hydrogen-bond acceptors (Lipinski definition) is 4. The van der Waals surface area contributed by atoms with Gasteiger partial charge in [0, 0.05) is 18.3 Å². The Labute approximate surface area is 113 Å². The molecule has 1 atom stereocenters. The van der Waals surface area contributed by atoms with Crippen molar-refractivity contribution in [3.05, 3.63) is 23.4 Å². The summed E-state index contributed by atoms with van der Waals surface area (Å²) in [5.41, 5.74) is 0.987. The minimum Gasteiger partial charge on any atom is -0.478 e. The monoisotopic (exact) mass is 266 g/mol. The van der Waals surface area contributed by atoms with Crippen LogP contribution >= 0.6 is 0 Å². The van der Waals surface area contributed by atoms with Gasteiger partial charge in [-0.05, 0) is 30.9 Å². The van der Waals surface area contributed by atoms with E-state index in [2.05, 4.69) is 10.3 Å². The van der Waals surface area contributed by atoms with E-state index in [4.69, 9.17) is 10.2 Å². The molecule has 5 nitrogen and oxygen atoms in total. The molecule has 0 spiro atoms. The lowest BCUT2D eigenvalue weighted by atomic mass is 10.1. The van der Waals surface area contributed by atoms with Crippen molar-refractivity contribution >= 4 is 11.8 Å². The molecule has 1 aromatic heterocycles. The third-order valence-corrected chi connectivity index (χ3v) is 3.01. The molecule has 0 aliphatic rings. The van der Waals surface area contributed by atoms with Crippen molar-refractivity contribution in [3.8, 4) is 0 Å². The number of carboxylic acid groups (broad SMARTS) is 1. The predicted octanol–water partition coefficient (Wildman–Crippen LogP) is 2.48. The summed E-state index contributed by atoms with van der Waals surface area (Å²) in [6.45, 7) is 6.06. The Bertz CT molecular complexity index is 433. The number of carboxylic acids is 1. The van der Waals surface area contributed by atoms with Crippen LogP contribution in [-0.2, 0) is 0 Å². The highest BCUT2D eigenvalue weighted by Crippen LogP contribution is 2.19. The van der Waals surface area contributed by atoms with E-state index >= 15 is 0 Å². The number of aromatic carboxylic acids is 1. The highest BCUT2D eigenvalue weighted by molar-refractivity contribution is 5.88. The van der Waals surface area contributed by atoms with E-state index in [9.17, 15) is 4.79 Å². The van der Waals surface area contributed by atoms with Crippen molar-refractivity contribution < 1.29 is 15.0 Å². The van der Waals surface area contributed by atoms with Gasteiger partial charge in [0.1, 0.15) is 5.82 Å². The van der Waals surface area contributed by atoms with Gasteiger partial charge in [-0.3, -0.25) is 0 Å². The Hall–Kier alpha value is -1.62. The molecule has 5 heteroatoms. The van der Waals surface area contributed by atoms with Crippen molar-refractivity contribution in [1.82, 2.24) is 4.98 Å². The number of hydrogen-bond donors (Lipinski definition) is 3. The fraction of sp³-hybridized carbons (Fsp3) is 0.571. The first-order valence-electron chi connectivity index (χ1n) is 6.60. The van der Waals surface area contributed by atoms with Crippen LogP contribution in [0.25, 0.3) is 0 Å². The molecule has 0 radical (unpaired) electrons. The molecule has 0 aliphatic carbocycles. The van der Waals surface area contributed by atoms with Crippen LogP contribution in [0.5, 0.6) is 0 Å². The molecule has 0 fully saturated rings. The van der Waals surface area contributed by atoms with Gasteiger partial charge in [0.25, 0.3) is 0 Å². The molecule has 1 rings (SSSR count). The summed E-state index contributed by atoms with van der Waals surface area (Å²) in [6.07, 6.45) is 1.46. The summed E-state index contributed by atoms with van der Waals surface area (Å²) >= 11 is 0. The number of rotatable bonds is 7. The third-order valence-electron chi connectivity index (χ3n) is 3.01. The number of aliphatic hydroxyl groups excluding tert-OH is 1. The minimum atomic E-state index is -0.956. The summed E-state index contributed by atoms with van der Waals surface area (Å²) in [5, 5.41) is 21.3. The zero-order valence-corrected chi connectivity index (χ0v) is 11.7. The molecule has 0 aliphatic heterocycles. The highest BCUT2D eigenvalue weighted by Gasteiger charge is 2.13. The number of nitrogens with one attached hydrogen (secondary N) is 1. The van der Waals surface area contributed by atoms with Crippen molar-refractivity contribution in [2.75, 3.05) is 11.9 Å². The number of aliphatic hydroxyl groups is 1. The molecule has 0 bridgehead atoms. The topological polar surface area (TPSA) is 82.5 Å². The number of anilines is 1. The standard InChI is InChI=1S/C14H22N2O3/c1-4-11(5-6-17)15-13-8-10(14(18)19)7-12(16-13)9(2)3/h7-9,11,17H,4-6H2,1-3H3,(H,15,16)(H,18,19). The number of pyridine rings is 1. The van der Waals surface area contributed by atoms with Crippen LogP contribution in [0.4, 0.5) is 5.82 Å². The first-order valence-corrected chi connectivity index (χ1v) is 6.60. The molecular formula is C14H22N2O3. The lowest BCUT2D eigenvalue weighted by Crippen LogP contribution is -2.21. The Kier molecular flexibility index (Phi) is 5.76. The second-order valence-electron chi connectivity index (χ2n) is 4.89. The number of nitrogens with zero attached hydrogens (tertiary/aromatic N) is 1. The molecule has 1 aromatic rings. The maximum absolute atomic E-state index is 11.1. The van der Waals surface area contributed by atoms with E-state index in [1.807, 2.05) is 20.8 Å². The maximum atomic E-state index is 11.1. The maximum Gasteiger partial charge on any atom is 0.335 e. The largest absolute Gasteiger partial charge is 0.478 e. The zero-order chi connectivity index (χ0) is 14.4. The van der Waals surface area contributed by atoms with E-state index in [0.717, 1.165) is 12.1 Å². The second kappa shape index (κ2) is 7.09. The van der Waals surface area contributed by atoms with E-state index in [0.29, 0.717) is 12.2 Å². The fourth-order valence-electron chi connectivity index (χ4n) is 1.79. The fourth-order valence-corrected chi connectivity index (χ4v) is 1.79. The van der Waals surface area contributed by atoms with Crippen LogP contribution in [0.1, 0.15) is 55.6 Å². The lowest BCUT2D eigenvalue weighted by Gasteiger charge is -2.18. The summed E-state index contributed by atoms with van der Waals surface area (Å²) in [5.74, 6) is -0.232. The van der Waals surface area contributed by atoms with Gasteiger partial charge < -0.3 is 15.5 Å². The predicted molar refractivity (Wildman–Crippen MR) is 74.7 cm³/mol. The van der Waals surface area contributed by atoms with Crippen LogP contribution in [0.2, 0.25) is 0 Å². The zero-order valence-electron chi connectivity index (χ0n) is 11.7. The second-order valence-corrected chi connectivity index (χ2v) is 4.89. The molecule has 19 heavy (non-hydrogen) atoms. The number of carbonyl (C=O) groups is 1. The quantitative estimate of drug-likeness (QED) is 0.706. The molecule has 0 aromatic carbocycles. The van der Waals surface area contributed by atoms with E-state index in [1.165, 1.54) is 6.07 Å². The molecular weight excluding hydrogens is 244 g/mol. The normalized spacial score (nSPS) is 12.5. The van der Waals surface area contributed by atoms with Crippen LogP contribution < -0.4 is 5.32 Å². The molecule has 106 valence electrons. The number of aromatic nitrogens is 1. The van der Waals surface area contributed by atoms with Gasteiger partial charge >= 0.3 is 5.97 Å².